The number of nitrogens with zero attached hydrogens (tertiary/aromatic N) is 1. The van der Waals surface area contributed by atoms with Crippen LogP contribution in [0.1, 0.15) is 16.9 Å². The molecule has 0 unspecified atom stereocenters. The highest BCUT2D eigenvalue weighted by molar-refractivity contribution is 7.07. The molecule has 2 amide bonds. The Hall–Kier alpha value is -2.24. The molecule has 0 fully saturated rings. The molecule has 3 rings (SSSR count). The quantitative estimate of drug-likeness (QED) is 0.679. The second kappa shape index (κ2) is 8.04. The number of amides is 2. The fourth-order valence-corrected chi connectivity index (χ4v) is 3.07. The van der Waals surface area contributed by atoms with Crippen molar-refractivity contribution < 1.29 is 9.21 Å². The van der Waals surface area contributed by atoms with Crippen molar-refractivity contribution in [3.8, 4) is 0 Å². The molecule has 0 bridgehead atoms. The van der Waals surface area contributed by atoms with Gasteiger partial charge in [0.15, 0.2) is 0 Å². The highest BCUT2D eigenvalue weighted by atomic mass is 35.5. The van der Waals surface area contributed by atoms with E-state index in [2.05, 4.69) is 5.32 Å². The number of nitrogens with one attached hydrogen (secondary N) is 1. The van der Waals surface area contributed by atoms with E-state index in [0.29, 0.717) is 24.7 Å². The fraction of sp³-hybridized carbons (Fsp3) is 0.167. The number of rotatable bonds is 6. The number of benzene rings is 1. The standard InChI is InChI=1S/C18H17ClN2O2S/c19-16-5-3-14(4-6-16)10-20-18(22)21(11-15-7-9-24-13-15)12-17-2-1-8-23-17/h1-9,13H,10-12H2,(H,20,22). The maximum atomic E-state index is 12.6. The van der Waals surface area contributed by atoms with Gasteiger partial charge in [0, 0.05) is 18.1 Å². The Kier molecular flexibility index (Phi) is 5.56. The lowest BCUT2D eigenvalue weighted by molar-refractivity contribution is 0.187. The molecule has 0 aliphatic carbocycles. The van der Waals surface area contributed by atoms with Crippen LogP contribution in [0, 0.1) is 0 Å². The van der Waals surface area contributed by atoms with Gasteiger partial charge in [0.05, 0.1) is 12.8 Å². The molecule has 0 saturated carbocycles. The smallest absolute Gasteiger partial charge is 0.318 e. The van der Waals surface area contributed by atoms with Crippen molar-refractivity contribution in [2.45, 2.75) is 19.6 Å². The minimum absolute atomic E-state index is 0.132. The number of thiophene rings is 1. The summed E-state index contributed by atoms with van der Waals surface area (Å²) in [5.74, 6) is 0.756. The van der Waals surface area contributed by atoms with Gasteiger partial charge in [-0.1, -0.05) is 23.7 Å². The maximum absolute atomic E-state index is 12.6. The SMILES string of the molecule is O=C(NCc1ccc(Cl)cc1)N(Cc1ccsc1)Cc1ccco1. The average Bonchev–Trinajstić information content (AvgIpc) is 3.27. The van der Waals surface area contributed by atoms with E-state index in [0.717, 1.165) is 16.9 Å². The summed E-state index contributed by atoms with van der Waals surface area (Å²) >= 11 is 7.50. The normalized spacial score (nSPS) is 10.5. The molecule has 1 N–H and O–H groups in total. The number of halogens is 1. The molecular formula is C18H17ClN2O2S. The van der Waals surface area contributed by atoms with Crippen molar-refractivity contribution in [1.82, 2.24) is 10.2 Å². The molecule has 4 nitrogen and oxygen atoms in total. The second-order valence-electron chi connectivity index (χ2n) is 5.35. The van der Waals surface area contributed by atoms with Crippen molar-refractivity contribution in [2.24, 2.45) is 0 Å². The number of hydrogen-bond acceptors (Lipinski definition) is 3. The third kappa shape index (κ3) is 4.63. The molecular weight excluding hydrogens is 344 g/mol. The lowest BCUT2D eigenvalue weighted by Crippen LogP contribution is -2.38. The maximum Gasteiger partial charge on any atom is 0.318 e. The van der Waals surface area contributed by atoms with Crippen LogP contribution in [0.3, 0.4) is 0 Å². The van der Waals surface area contributed by atoms with E-state index < -0.39 is 0 Å². The van der Waals surface area contributed by atoms with Crippen LogP contribution in [0.2, 0.25) is 5.02 Å². The van der Waals surface area contributed by atoms with E-state index in [9.17, 15) is 4.79 Å². The third-order valence-corrected chi connectivity index (χ3v) is 4.51. The van der Waals surface area contributed by atoms with Crippen LogP contribution in [0.4, 0.5) is 4.79 Å². The minimum atomic E-state index is -0.132. The van der Waals surface area contributed by atoms with Gasteiger partial charge in [-0.15, -0.1) is 0 Å². The summed E-state index contributed by atoms with van der Waals surface area (Å²) in [6.45, 7) is 1.42. The Labute approximate surface area is 149 Å². The van der Waals surface area contributed by atoms with Gasteiger partial charge < -0.3 is 14.6 Å². The Morgan fingerprint density at radius 2 is 1.96 bits per heavy atom. The molecule has 0 saturated heterocycles. The van der Waals surface area contributed by atoms with Crippen LogP contribution in [0.5, 0.6) is 0 Å². The largest absolute Gasteiger partial charge is 0.467 e. The van der Waals surface area contributed by atoms with Gasteiger partial charge in [0.2, 0.25) is 0 Å². The molecule has 1 aromatic carbocycles. The van der Waals surface area contributed by atoms with Gasteiger partial charge >= 0.3 is 6.03 Å². The van der Waals surface area contributed by atoms with Crippen molar-refractivity contribution in [1.29, 1.82) is 0 Å². The number of hydrogen-bond donors (Lipinski definition) is 1. The van der Waals surface area contributed by atoms with Gasteiger partial charge in [0.1, 0.15) is 5.76 Å². The highest BCUT2D eigenvalue weighted by Gasteiger charge is 2.16. The van der Waals surface area contributed by atoms with E-state index in [-0.39, 0.29) is 6.03 Å². The van der Waals surface area contributed by atoms with Crippen molar-refractivity contribution in [3.63, 3.8) is 0 Å². The van der Waals surface area contributed by atoms with E-state index in [4.69, 9.17) is 16.0 Å². The molecule has 2 heterocycles. The molecule has 2 aromatic heterocycles. The number of urea groups is 1. The topological polar surface area (TPSA) is 45.5 Å². The van der Waals surface area contributed by atoms with Crippen LogP contribution >= 0.6 is 22.9 Å². The predicted octanol–water partition coefficient (Wildman–Crippen LogP) is 4.91. The molecule has 0 aliphatic heterocycles. The summed E-state index contributed by atoms with van der Waals surface area (Å²) in [4.78, 5) is 14.3. The van der Waals surface area contributed by atoms with Crippen LogP contribution < -0.4 is 5.32 Å². The summed E-state index contributed by atoms with van der Waals surface area (Å²) in [7, 11) is 0. The summed E-state index contributed by atoms with van der Waals surface area (Å²) in [6.07, 6.45) is 1.61. The predicted molar refractivity (Wildman–Crippen MR) is 96.0 cm³/mol. The van der Waals surface area contributed by atoms with Gasteiger partial charge in [-0.2, -0.15) is 11.3 Å². The van der Waals surface area contributed by atoms with Crippen LogP contribution in [0.15, 0.2) is 63.9 Å². The van der Waals surface area contributed by atoms with E-state index in [1.807, 2.05) is 53.2 Å². The van der Waals surface area contributed by atoms with Crippen LogP contribution in [0.25, 0.3) is 0 Å². The van der Waals surface area contributed by atoms with Crippen molar-refractivity contribution in [3.05, 3.63) is 81.4 Å². The second-order valence-corrected chi connectivity index (χ2v) is 6.57. The van der Waals surface area contributed by atoms with Crippen molar-refractivity contribution >= 4 is 29.0 Å². The van der Waals surface area contributed by atoms with E-state index in [1.165, 1.54) is 0 Å². The van der Waals surface area contributed by atoms with E-state index in [1.54, 1.807) is 22.5 Å². The van der Waals surface area contributed by atoms with Gasteiger partial charge in [-0.3, -0.25) is 0 Å². The monoisotopic (exact) mass is 360 g/mol. The Bertz CT molecular complexity index is 719. The first-order chi connectivity index (χ1) is 11.7. The molecule has 0 atom stereocenters. The summed E-state index contributed by atoms with van der Waals surface area (Å²) in [5, 5.41) is 7.68. The first kappa shape index (κ1) is 16.6. The molecule has 24 heavy (non-hydrogen) atoms. The van der Waals surface area contributed by atoms with Crippen LogP contribution in [-0.2, 0) is 19.6 Å². The third-order valence-electron chi connectivity index (χ3n) is 3.52. The zero-order chi connectivity index (χ0) is 16.8. The highest BCUT2D eigenvalue weighted by Crippen LogP contribution is 2.14. The van der Waals surface area contributed by atoms with Gasteiger partial charge in [0.25, 0.3) is 0 Å². The van der Waals surface area contributed by atoms with Gasteiger partial charge in [-0.05, 0) is 52.2 Å². The number of carbonyl (C=O) groups excluding carboxylic acids is 1. The van der Waals surface area contributed by atoms with E-state index >= 15 is 0 Å². The Balaban J connectivity index is 1.64. The zero-order valence-electron chi connectivity index (χ0n) is 12.9. The Morgan fingerprint density at radius 1 is 1.12 bits per heavy atom. The number of carbonyl (C=O) groups is 1. The minimum Gasteiger partial charge on any atom is -0.467 e. The fourth-order valence-electron chi connectivity index (χ4n) is 2.28. The summed E-state index contributed by atoms with van der Waals surface area (Å²) < 4.78 is 5.38. The molecule has 3 aromatic rings. The molecule has 0 spiro atoms. The van der Waals surface area contributed by atoms with Gasteiger partial charge in [-0.25, -0.2) is 4.79 Å². The molecule has 0 radical (unpaired) electrons. The molecule has 0 aliphatic rings. The molecule has 124 valence electrons. The lowest BCUT2D eigenvalue weighted by atomic mass is 10.2. The summed E-state index contributed by atoms with van der Waals surface area (Å²) in [5.41, 5.74) is 2.11. The molecule has 6 heteroatoms. The Morgan fingerprint density at radius 3 is 2.62 bits per heavy atom. The lowest BCUT2D eigenvalue weighted by Gasteiger charge is -2.22. The van der Waals surface area contributed by atoms with Crippen LogP contribution in [-0.4, -0.2) is 10.9 Å². The van der Waals surface area contributed by atoms with Crippen molar-refractivity contribution in [2.75, 3.05) is 0 Å². The first-order valence-corrected chi connectivity index (χ1v) is 8.83. The summed E-state index contributed by atoms with van der Waals surface area (Å²) in [6, 6.07) is 13.0. The first-order valence-electron chi connectivity index (χ1n) is 7.51. The zero-order valence-corrected chi connectivity index (χ0v) is 14.5. The number of furan rings is 1. The average molecular weight is 361 g/mol.